The number of nitrogens with zero attached hydrogens (tertiary/aromatic N) is 6. The van der Waals surface area contributed by atoms with Gasteiger partial charge in [0.2, 0.25) is 0 Å². The van der Waals surface area contributed by atoms with E-state index in [4.69, 9.17) is 38.7 Å². The lowest BCUT2D eigenvalue weighted by Crippen LogP contribution is -2.00. The van der Waals surface area contributed by atoms with Gasteiger partial charge in [-0.1, -0.05) is 322 Å². The number of rotatable bonds is 12. The van der Waals surface area contributed by atoms with Gasteiger partial charge in [-0.25, -0.2) is 29.9 Å². The molecule has 0 saturated carbocycles. The van der Waals surface area contributed by atoms with Gasteiger partial charge in [-0.3, -0.25) is 0 Å². The summed E-state index contributed by atoms with van der Waals surface area (Å²) >= 11 is 0. The summed E-state index contributed by atoms with van der Waals surface area (Å²) in [4.78, 5) is 30.7. The first-order chi connectivity index (χ1) is 52.5. The van der Waals surface area contributed by atoms with Crippen LogP contribution in [0.1, 0.15) is 0 Å². The molecule has 16 aromatic carbocycles. The third kappa shape index (κ3) is 11.8. The lowest BCUT2D eigenvalue weighted by molar-refractivity contribution is 0.671. The van der Waals surface area contributed by atoms with Gasteiger partial charge in [0.1, 0.15) is 22.3 Å². The van der Waals surface area contributed by atoms with Crippen LogP contribution in [0.2, 0.25) is 0 Å². The maximum Gasteiger partial charge on any atom is 0.164 e. The van der Waals surface area contributed by atoms with E-state index in [9.17, 15) is 0 Å². The highest BCUT2D eigenvalue weighted by molar-refractivity contribution is 6.22. The molecule has 0 aliphatic carbocycles. The molecular formula is C98H62N6O2. The molecule has 0 unspecified atom stereocenters. The molecule has 106 heavy (non-hydrogen) atoms. The molecule has 4 heterocycles. The molecule has 0 saturated heterocycles. The molecule has 0 fully saturated rings. The van der Waals surface area contributed by atoms with Crippen molar-refractivity contribution in [3.8, 4) is 135 Å². The molecule has 0 amide bonds. The second-order valence-electron chi connectivity index (χ2n) is 26.4. The molecule has 496 valence electrons. The maximum atomic E-state index is 7.18. The molecule has 0 N–H and O–H groups in total. The van der Waals surface area contributed by atoms with Crippen LogP contribution in [0.4, 0.5) is 0 Å². The average Bonchev–Trinajstić information content (AvgIpc) is 1.57. The largest absolute Gasteiger partial charge is 0.455 e. The minimum atomic E-state index is 0.584. The van der Waals surface area contributed by atoms with Crippen molar-refractivity contribution in [2.45, 2.75) is 0 Å². The maximum absolute atomic E-state index is 7.18. The standard InChI is InChI=1S/2C49H31N3O/c1-5-16-32(17-6-1)37-30-42(34-18-7-2-8-19-34)45-43(31-37)44-41(29-28-40(46(44)53-45)39-27-15-25-33-20-13-14-26-38(33)39)49-51-47(35-21-9-3-10-22-35)50-48(52-49)36-23-11-4-12-24-36;1-5-15-32(16-6-1)39-30-42(34-18-7-2-8-19-34)45-43(31-39)44-41(28-27-40(46(44)53-45)38-26-25-33-17-13-14-24-37(33)29-38)49-51-47(35-20-9-3-10-21-35)50-48(52-49)36-22-11-4-12-23-36/h2*1-31H. The Hall–Kier alpha value is -14.3. The summed E-state index contributed by atoms with van der Waals surface area (Å²) in [6.45, 7) is 0. The van der Waals surface area contributed by atoms with Crippen LogP contribution in [-0.4, -0.2) is 29.9 Å². The lowest BCUT2D eigenvalue weighted by atomic mass is 9.92. The molecule has 20 rings (SSSR count). The van der Waals surface area contributed by atoms with Gasteiger partial charge >= 0.3 is 0 Å². The number of hydrogen-bond acceptors (Lipinski definition) is 8. The van der Waals surface area contributed by atoms with E-state index in [1.165, 1.54) is 16.2 Å². The van der Waals surface area contributed by atoms with E-state index >= 15 is 0 Å². The van der Waals surface area contributed by atoms with Crippen molar-refractivity contribution in [3.05, 3.63) is 376 Å². The van der Waals surface area contributed by atoms with Crippen LogP contribution >= 0.6 is 0 Å². The normalized spacial score (nSPS) is 11.4. The molecule has 0 aliphatic heterocycles. The molecule has 0 radical (unpaired) electrons. The first-order valence-corrected chi connectivity index (χ1v) is 35.6. The SMILES string of the molecule is c1ccc(-c2cc(-c3ccccc3)c3oc4c(-c5ccc6ccccc6c5)ccc(-c5nc(-c6ccccc6)nc(-c6ccccc6)n5)c4c3c2)cc1.c1ccc(-c2cc(-c3ccccc3)c3oc4c(-c5cccc6ccccc56)ccc(-c5nc(-c6ccccc6)nc(-c6ccccc6)n5)c4c3c2)cc1. The van der Waals surface area contributed by atoms with Crippen molar-refractivity contribution in [2.24, 2.45) is 0 Å². The zero-order valence-corrected chi connectivity index (χ0v) is 57.3. The summed E-state index contributed by atoms with van der Waals surface area (Å²) < 4.78 is 14.3. The van der Waals surface area contributed by atoms with Crippen LogP contribution in [0, 0.1) is 0 Å². The average molecular weight is 1360 g/mol. The summed E-state index contributed by atoms with van der Waals surface area (Å²) in [6, 6.07) is 130. The fraction of sp³-hybridized carbons (Fsp3) is 0. The Labute approximate surface area is 611 Å². The highest BCUT2D eigenvalue weighted by Crippen LogP contribution is 2.49. The minimum Gasteiger partial charge on any atom is -0.455 e. The molecule has 0 atom stereocenters. The van der Waals surface area contributed by atoms with Crippen LogP contribution in [0.25, 0.3) is 201 Å². The highest BCUT2D eigenvalue weighted by Gasteiger charge is 2.27. The molecule has 8 heteroatoms. The first kappa shape index (κ1) is 62.6. The van der Waals surface area contributed by atoms with E-state index < -0.39 is 0 Å². The molecule has 20 aromatic rings. The van der Waals surface area contributed by atoms with Crippen molar-refractivity contribution >= 4 is 65.4 Å². The quantitative estimate of drug-likeness (QED) is 0.119. The van der Waals surface area contributed by atoms with Gasteiger partial charge in [-0.15, -0.1) is 0 Å². The van der Waals surface area contributed by atoms with Crippen molar-refractivity contribution in [3.63, 3.8) is 0 Å². The van der Waals surface area contributed by atoms with Gasteiger partial charge in [-0.2, -0.15) is 0 Å². The fourth-order valence-corrected chi connectivity index (χ4v) is 14.7. The molecule has 4 aromatic heterocycles. The smallest absolute Gasteiger partial charge is 0.164 e. The number of benzene rings is 16. The van der Waals surface area contributed by atoms with Crippen LogP contribution in [0.5, 0.6) is 0 Å². The molecule has 0 spiro atoms. The van der Waals surface area contributed by atoms with Crippen LogP contribution in [0.3, 0.4) is 0 Å². The van der Waals surface area contributed by atoms with Crippen molar-refractivity contribution in [1.29, 1.82) is 0 Å². The molecule has 0 bridgehead atoms. The van der Waals surface area contributed by atoms with E-state index in [1.807, 2.05) is 133 Å². The number of hydrogen-bond donors (Lipinski definition) is 0. The van der Waals surface area contributed by atoms with Crippen molar-refractivity contribution in [1.82, 2.24) is 29.9 Å². The Balaban J connectivity index is 0.000000145. The van der Waals surface area contributed by atoms with Crippen LogP contribution < -0.4 is 0 Å². The van der Waals surface area contributed by atoms with Crippen molar-refractivity contribution < 1.29 is 8.83 Å². The topological polar surface area (TPSA) is 104 Å². The summed E-state index contributed by atoms with van der Waals surface area (Å²) in [7, 11) is 0. The lowest BCUT2D eigenvalue weighted by Gasteiger charge is -2.12. The number of fused-ring (bicyclic) bond motifs is 8. The van der Waals surface area contributed by atoms with Crippen LogP contribution in [0.15, 0.2) is 385 Å². The monoisotopic (exact) mass is 1350 g/mol. The Morgan fingerprint density at radius 3 is 0.915 bits per heavy atom. The third-order valence-corrected chi connectivity index (χ3v) is 19.8. The van der Waals surface area contributed by atoms with E-state index in [-0.39, 0.29) is 0 Å². The summed E-state index contributed by atoms with van der Waals surface area (Å²) in [5.41, 5.74) is 21.6. The van der Waals surface area contributed by atoms with Gasteiger partial charge in [0.05, 0.1) is 0 Å². The van der Waals surface area contributed by atoms with E-state index in [0.29, 0.717) is 34.9 Å². The van der Waals surface area contributed by atoms with E-state index in [2.05, 4.69) is 243 Å². The zero-order valence-electron chi connectivity index (χ0n) is 57.3. The third-order valence-electron chi connectivity index (χ3n) is 19.8. The molecule has 0 aliphatic rings. The van der Waals surface area contributed by atoms with Gasteiger partial charge in [0, 0.05) is 77.2 Å². The van der Waals surface area contributed by atoms with Crippen molar-refractivity contribution in [2.75, 3.05) is 0 Å². The zero-order chi connectivity index (χ0) is 70.3. The van der Waals surface area contributed by atoms with Gasteiger partial charge in [0.15, 0.2) is 34.9 Å². The number of furan rings is 2. The molecule has 8 nitrogen and oxygen atoms in total. The summed E-state index contributed by atoms with van der Waals surface area (Å²) in [5.74, 6) is 3.63. The number of aromatic nitrogens is 6. The fourth-order valence-electron chi connectivity index (χ4n) is 14.7. The Morgan fingerprint density at radius 1 is 0.151 bits per heavy atom. The summed E-state index contributed by atoms with van der Waals surface area (Å²) in [6.07, 6.45) is 0. The van der Waals surface area contributed by atoms with Gasteiger partial charge in [0.25, 0.3) is 0 Å². The van der Waals surface area contributed by atoms with E-state index in [0.717, 1.165) is 149 Å². The summed E-state index contributed by atoms with van der Waals surface area (Å²) in [5, 5.41) is 8.63. The molecular weight excluding hydrogens is 1290 g/mol. The van der Waals surface area contributed by atoms with Crippen LogP contribution in [-0.2, 0) is 0 Å². The van der Waals surface area contributed by atoms with Gasteiger partial charge in [-0.05, 0) is 121 Å². The highest BCUT2D eigenvalue weighted by atomic mass is 16.3. The Kier molecular flexibility index (Phi) is 16.1. The predicted molar refractivity (Wildman–Crippen MR) is 434 cm³/mol. The second kappa shape index (κ2) is 27.2. The Morgan fingerprint density at radius 2 is 0.481 bits per heavy atom. The predicted octanol–water partition coefficient (Wildman–Crippen LogP) is 25.9. The van der Waals surface area contributed by atoms with Gasteiger partial charge < -0.3 is 8.83 Å². The second-order valence-corrected chi connectivity index (χ2v) is 26.4. The Bertz CT molecular complexity index is 6530. The first-order valence-electron chi connectivity index (χ1n) is 35.6. The minimum absolute atomic E-state index is 0.584. The van der Waals surface area contributed by atoms with E-state index in [1.54, 1.807) is 0 Å².